The van der Waals surface area contributed by atoms with Crippen LogP contribution < -0.4 is 5.73 Å². The zero-order valence-corrected chi connectivity index (χ0v) is 10.7. The molecule has 0 bridgehead atoms. The molecule has 17 heavy (non-hydrogen) atoms. The van der Waals surface area contributed by atoms with Crippen molar-refractivity contribution in [3.63, 3.8) is 0 Å². The number of carbonyl (C=O) groups is 1. The number of methoxy groups -OCH3 is 1. The first kappa shape index (κ1) is 15.7. The Labute approximate surface area is 108 Å². The third kappa shape index (κ3) is 4.59. The van der Waals surface area contributed by atoms with Gasteiger partial charge in [-0.1, -0.05) is 18.2 Å². The Morgan fingerprint density at radius 2 is 2.06 bits per heavy atom. The molecule has 1 aromatic carbocycles. The van der Waals surface area contributed by atoms with Crippen LogP contribution in [-0.4, -0.2) is 13.1 Å². The van der Waals surface area contributed by atoms with Crippen molar-refractivity contribution in [1.29, 1.82) is 0 Å². The van der Waals surface area contributed by atoms with Crippen molar-refractivity contribution in [3.05, 3.63) is 48.0 Å². The molecule has 0 aliphatic heterocycles. The lowest BCUT2D eigenvalue weighted by molar-refractivity contribution is 0.0600. The SMILES string of the molecule is C=CCC[C@H](N)c1ccc(C(=O)OC)cc1.Cl. The summed E-state index contributed by atoms with van der Waals surface area (Å²) in [6.07, 6.45) is 3.60. The summed E-state index contributed by atoms with van der Waals surface area (Å²) in [5.74, 6) is -0.328. The molecule has 1 rings (SSSR count). The summed E-state index contributed by atoms with van der Waals surface area (Å²) in [6.45, 7) is 3.66. The van der Waals surface area contributed by atoms with Gasteiger partial charge in [-0.3, -0.25) is 0 Å². The van der Waals surface area contributed by atoms with Crippen LogP contribution in [0.4, 0.5) is 0 Å². The van der Waals surface area contributed by atoms with Gasteiger partial charge in [-0.25, -0.2) is 4.79 Å². The first-order chi connectivity index (χ1) is 7.69. The second kappa shape index (κ2) is 7.87. The summed E-state index contributed by atoms with van der Waals surface area (Å²) >= 11 is 0. The standard InChI is InChI=1S/C13H17NO2.ClH/c1-3-4-5-12(14)10-6-8-11(9-7-10)13(15)16-2;/h3,6-9,12H,1,4-5,14H2,2H3;1H/t12-;/m0./s1. The minimum atomic E-state index is -0.328. The molecule has 0 saturated heterocycles. The number of esters is 1. The zero-order chi connectivity index (χ0) is 12.0. The summed E-state index contributed by atoms with van der Waals surface area (Å²) in [5, 5.41) is 0. The van der Waals surface area contributed by atoms with Crippen molar-refractivity contribution in [1.82, 2.24) is 0 Å². The Morgan fingerprint density at radius 3 is 2.53 bits per heavy atom. The summed E-state index contributed by atoms with van der Waals surface area (Å²) < 4.78 is 4.62. The van der Waals surface area contributed by atoms with Crippen molar-refractivity contribution in [2.24, 2.45) is 5.73 Å². The van der Waals surface area contributed by atoms with Crippen molar-refractivity contribution in [2.45, 2.75) is 18.9 Å². The van der Waals surface area contributed by atoms with Crippen LogP contribution in [0.2, 0.25) is 0 Å². The van der Waals surface area contributed by atoms with E-state index in [2.05, 4.69) is 11.3 Å². The Kier molecular flexibility index (Phi) is 7.26. The van der Waals surface area contributed by atoms with Crippen LogP contribution in [0.3, 0.4) is 0 Å². The molecule has 0 heterocycles. The van der Waals surface area contributed by atoms with E-state index in [1.54, 1.807) is 12.1 Å². The molecule has 0 spiro atoms. The predicted molar refractivity (Wildman–Crippen MR) is 71.4 cm³/mol. The van der Waals surface area contributed by atoms with Gasteiger partial charge in [0.15, 0.2) is 0 Å². The molecule has 94 valence electrons. The summed E-state index contributed by atoms with van der Waals surface area (Å²) in [6, 6.07) is 7.17. The average molecular weight is 256 g/mol. The van der Waals surface area contributed by atoms with Crippen LogP contribution in [0.5, 0.6) is 0 Å². The van der Waals surface area contributed by atoms with Crippen LogP contribution in [0.15, 0.2) is 36.9 Å². The Bertz CT molecular complexity index is 362. The van der Waals surface area contributed by atoms with E-state index in [0.29, 0.717) is 5.56 Å². The highest BCUT2D eigenvalue weighted by atomic mass is 35.5. The van der Waals surface area contributed by atoms with E-state index >= 15 is 0 Å². The molecule has 0 aliphatic rings. The third-order valence-corrected chi connectivity index (χ3v) is 2.44. The molecule has 4 heteroatoms. The molecule has 0 saturated carbocycles. The number of carbonyl (C=O) groups excluding carboxylic acids is 1. The average Bonchev–Trinajstić information content (AvgIpc) is 2.35. The molecule has 0 amide bonds. The minimum absolute atomic E-state index is 0. The molecular formula is C13H18ClNO2. The maximum Gasteiger partial charge on any atom is 0.337 e. The van der Waals surface area contributed by atoms with Crippen molar-refractivity contribution < 1.29 is 9.53 Å². The number of allylic oxidation sites excluding steroid dienone is 1. The fourth-order valence-electron chi connectivity index (χ4n) is 1.45. The first-order valence-electron chi connectivity index (χ1n) is 5.23. The number of halogens is 1. The van der Waals surface area contributed by atoms with Gasteiger partial charge >= 0.3 is 5.97 Å². The molecule has 0 unspecified atom stereocenters. The highest BCUT2D eigenvalue weighted by Crippen LogP contribution is 2.16. The van der Waals surface area contributed by atoms with Gasteiger partial charge in [-0.05, 0) is 30.5 Å². The first-order valence-corrected chi connectivity index (χ1v) is 5.23. The monoisotopic (exact) mass is 255 g/mol. The number of ether oxygens (including phenoxy) is 1. The molecular weight excluding hydrogens is 238 g/mol. The Morgan fingerprint density at radius 1 is 1.47 bits per heavy atom. The van der Waals surface area contributed by atoms with Crippen molar-refractivity contribution in [3.8, 4) is 0 Å². The predicted octanol–water partition coefficient (Wildman–Crippen LogP) is 2.86. The lowest BCUT2D eigenvalue weighted by Gasteiger charge is -2.10. The van der Waals surface area contributed by atoms with E-state index in [4.69, 9.17) is 5.73 Å². The molecule has 1 aromatic rings. The number of nitrogens with two attached hydrogens (primary N) is 1. The van der Waals surface area contributed by atoms with Crippen LogP contribution in [0.1, 0.15) is 34.8 Å². The van der Waals surface area contributed by atoms with E-state index in [9.17, 15) is 4.79 Å². The number of rotatable bonds is 5. The van der Waals surface area contributed by atoms with Gasteiger partial charge in [-0.15, -0.1) is 19.0 Å². The van der Waals surface area contributed by atoms with Gasteiger partial charge in [0.1, 0.15) is 0 Å². The Hall–Kier alpha value is -1.32. The molecule has 1 atom stereocenters. The number of hydrogen-bond acceptors (Lipinski definition) is 3. The van der Waals surface area contributed by atoms with E-state index in [1.165, 1.54) is 7.11 Å². The Balaban J connectivity index is 0.00000256. The summed E-state index contributed by atoms with van der Waals surface area (Å²) in [5.41, 5.74) is 7.54. The normalized spacial score (nSPS) is 11.2. The zero-order valence-electron chi connectivity index (χ0n) is 9.89. The van der Waals surface area contributed by atoms with E-state index < -0.39 is 0 Å². The van der Waals surface area contributed by atoms with Gasteiger partial charge in [0.25, 0.3) is 0 Å². The van der Waals surface area contributed by atoms with Crippen LogP contribution in [0.25, 0.3) is 0 Å². The molecule has 0 fully saturated rings. The lowest BCUT2D eigenvalue weighted by atomic mass is 10.0. The van der Waals surface area contributed by atoms with Crippen molar-refractivity contribution in [2.75, 3.05) is 7.11 Å². The second-order valence-electron chi connectivity index (χ2n) is 3.59. The fourth-order valence-corrected chi connectivity index (χ4v) is 1.45. The molecule has 2 N–H and O–H groups in total. The van der Waals surface area contributed by atoms with E-state index in [1.807, 2.05) is 18.2 Å². The minimum Gasteiger partial charge on any atom is -0.465 e. The maximum absolute atomic E-state index is 11.2. The van der Waals surface area contributed by atoms with Crippen molar-refractivity contribution >= 4 is 18.4 Å². The van der Waals surface area contributed by atoms with Crippen LogP contribution >= 0.6 is 12.4 Å². The maximum atomic E-state index is 11.2. The smallest absolute Gasteiger partial charge is 0.337 e. The third-order valence-electron chi connectivity index (χ3n) is 2.44. The fraction of sp³-hybridized carbons (Fsp3) is 0.308. The number of benzene rings is 1. The van der Waals surface area contributed by atoms with E-state index in [0.717, 1.165) is 18.4 Å². The molecule has 0 radical (unpaired) electrons. The lowest BCUT2D eigenvalue weighted by Crippen LogP contribution is -2.10. The summed E-state index contributed by atoms with van der Waals surface area (Å²) in [7, 11) is 1.37. The van der Waals surface area contributed by atoms with Crippen LogP contribution in [0, 0.1) is 0 Å². The largest absolute Gasteiger partial charge is 0.465 e. The topological polar surface area (TPSA) is 52.3 Å². The number of hydrogen-bond donors (Lipinski definition) is 1. The molecule has 3 nitrogen and oxygen atoms in total. The van der Waals surface area contributed by atoms with Gasteiger partial charge < -0.3 is 10.5 Å². The second-order valence-corrected chi connectivity index (χ2v) is 3.59. The van der Waals surface area contributed by atoms with Gasteiger partial charge in [0.05, 0.1) is 12.7 Å². The van der Waals surface area contributed by atoms with E-state index in [-0.39, 0.29) is 24.4 Å². The van der Waals surface area contributed by atoms with Gasteiger partial charge in [0, 0.05) is 6.04 Å². The highest BCUT2D eigenvalue weighted by Gasteiger charge is 2.08. The van der Waals surface area contributed by atoms with Crippen LogP contribution in [-0.2, 0) is 4.74 Å². The van der Waals surface area contributed by atoms with Gasteiger partial charge in [-0.2, -0.15) is 0 Å². The molecule has 0 aliphatic carbocycles. The highest BCUT2D eigenvalue weighted by molar-refractivity contribution is 5.89. The van der Waals surface area contributed by atoms with Gasteiger partial charge in [0.2, 0.25) is 0 Å². The molecule has 0 aromatic heterocycles. The quantitative estimate of drug-likeness (QED) is 0.650. The summed E-state index contributed by atoms with van der Waals surface area (Å²) in [4.78, 5) is 11.2.